The minimum atomic E-state index is -0.865. The Labute approximate surface area is 259 Å². The molecule has 0 amide bonds. The first-order valence-corrected chi connectivity index (χ1v) is 14.4. The molecule has 0 fully saturated rings. The van der Waals surface area contributed by atoms with Crippen LogP contribution >= 0.6 is 0 Å². The number of nitrogens with zero attached hydrogens (tertiary/aromatic N) is 2. The molecule has 8 N–H and O–H groups in total. The van der Waals surface area contributed by atoms with Crippen molar-refractivity contribution in [1.29, 1.82) is 0 Å². The minimum absolute atomic E-state index is 0.104. The summed E-state index contributed by atoms with van der Waals surface area (Å²) in [5.41, 5.74) is 31.3. The van der Waals surface area contributed by atoms with Gasteiger partial charge in [0.1, 0.15) is 0 Å². The van der Waals surface area contributed by atoms with Crippen molar-refractivity contribution in [2.24, 2.45) is 22.9 Å². The van der Waals surface area contributed by atoms with Crippen molar-refractivity contribution in [3.8, 4) is 0 Å². The molecule has 3 rings (SSSR count). The van der Waals surface area contributed by atoms with E-state index in [4.69, 9.17) is 32.4 Å². The highest BCUT2D eigenvalue weighted by Crippen LogP contribution is 2.31. The molecule has 0 saturated carbocycles. The van der Waals surface area contributed by atoms with E-state index in [1.54, 1.807) is 38.1 Å². The fraction of sp³-hybridized carbons (Fsp3) is 0.294. The van der Waals surface area contributed by atoms with Crippen molar-refractivity contribution in [3.05, 3.63) is 106 Å². The van der Waals surface area contributed by atoms with E-state index in [0.717, 1.165) is 11.4 Å². The number of nitrogens with two attached hydrogens (primary N) is 4. The summed E-state index contributed by atoms with van der Waals surface area (Å²) >= 11 is 0. The molecule has 0 radical (unpaired) electrons. The van der Waals surface area contributed by atoms with Gasteiger partial charge in [-0.3, -0.25) is 0 Å². The van der Waals surface area contributed by atoms with Gasteiger partial charge in [-0.05, 0) is 66.4 Å². The highest BCUT2D eigenvalue weighted by molar-refractivity contribution is 6.00. The van der Waals surface area contributed by atoms with Crippen LogP contribution in [0.4, 0.5) is 11.4 Å². The van der Waals surface area contributed by atoms with E-state index >= 15 is 0 Å². The van der Waals surface area contributed by atoms with Gasteiger partial charge in [0.15, 0.2) is 0 Å². The average molecular weight is 601 g/mol. The monoisotopic (exact) mass is 600 g/mol. The summed E-state index contributed by atoms with van der Waals surface area (Å²) in [4.78, 5) is 30.3. The van der Waals surface area contributed by atoms with Crippen molar-refractivity contribution in [1.82, 2.24) is 0 Å². The van der Waals surface area contributed by atoms with Gasteiger partial charge < -0.3 is 42.2 Å². The highest BCUT2D eigenvalue weighted by atomic mass is 16.5. The summed E-state index contributed by atoms with van der Waals surface area (Å²) in [6, 6.07) is 20.2. The second-order valence-corrected chi connectivity index (χ2v) is 10.6. The number of benzene rings is 3. The first-order chi connectivity index (χ1) is 20.9. The fourth-order valence-corrected chi connectivity index (χ4v) is 4.68. The Kier molecular flexibility index (Phi) is 11.6. The molecule has 10 heteroatoms. The third-order valence-corrected chi connectivity index (χ3v) is 7.21. The maximum Gasteiger partial charge on any atom is 0.338 e. The summed E-state index contributed by atoms with van der Waals surface area (Å²) in [6.45, 7) is 3.72. The van der Waals surface area contributed by atoms with Crippen LogP contribution in [-0.2, 0) is 19.1 Å². The molecular formula is C34H44N6O4. The Morgan fingerprint density at radius 3 is 1.27 bits per heavy atom. The summed E-state index contributed by atoms with van der Waals surface area (Å²) in [7, 11) is 7.74. The van der Waals surface area contributed by atoms with E-state index in [0.29, 0.717) is 22.3 Å². The Balaban J connectivity index is 2.13. The second-order valence-electron chi connectivity index (χ2n) is 10.6. The molecule has 2 unspecified atom stereocenters. The molecule has 0 saturated heterocycles. The van der Waals surface area contributed by atoms with Crippen LogP contribution in [0.5, 0.6) is 0 Å². The molecule has 0 spiro atoms. The van der Waals surface area contributed by atoms with Gasteiger partial charge in [-0.2, -0.15) is 0 Å². The van der Waals surface area contributed by atoms with Crippen LogP contribution in [-0.4, -0.2) is 53.3 Å². The van der Waals surface area contributed by atoms with Crippen LogP contribution in [0.15, 0.2) is 83.9 Å². The zero-order chi connectivity index (χ0) is 32.6. The minimum Gasteiger partial charge on any atom is -0.463 e. The lowest BCUT2D eigenvalue weighted by Gasteiger charge is -2.21. The number of hydrogen-bond donors (Lipinski definition) is 4. The third kappa shape index (κ3) is 7.77. The summed E-state index contributed by atoms with van der Waals surface area (Å²) in [5.74, 6) is -1.25. The predicted molar refractivity (Wildman–Crippen MR) is 177 cm³/mol. The van der Waals surface area contributed by atoms with E-state index in [2.05, 4.69) is 0 Å². The molecule has 3 aromatic rings. The van der Waals surface area contributed by atoms with Gasteiger partial charge in [-0.25, -0.2) is 9.59 Å². The number of carbonyl (C=O) groups excluding carboxylic acids is 2. The lowest BCUT2D eigenvalue weighted by Crippen LogP contribution is -2.25. The largest absolute Gasteiger partial charge is 0.463 e. The molecule has 0 aliphatic rings. The Hall–Kier alpha value is -4.80. The molecule has 234 valence electrons. The van der Waals surface area contributed by atoms with E-state index in [-0.39, 0.29) is 35.8 Å². The smallest absolute Gasteiger partial charge is 0.338 e. The maximum absolute atomic E-state index is 13.2. The first kappa shape index (κ1) is 33.7. The van der Waals surface area contributed by atoms with E-state index in [1.807, 2.05) is 86.5 Å². The van der Waals surface area contributed by atoms with Crippen molar-refractivity contribution in [3.63, 3.8) is 0 Å². The van der Waals surface area contributed by atoms with Crippen molar-refractivity contribution in [2.45, 2.75) is 25.9 Å². The van der Waals surface area contributed by atoms with Gasteiger partial charge in [0, 0.05) is 39.6 Å². The SMILES string of the molecule is CCOC(=O)/C(=C(/N)c1cccc(/C(N)=C(\C(=O)OCC)C(N)c2ccc(N(C)C)cc2)c1)C(N)c1ccc(N(C)C)cc1. The highest BCUT2D eigenvalue weighted by Gasteiger charge is 2.27. The van der Waals surface area contributed by atoms with Crippen LogP contribution in [0.1, 0.15) is 48.2 Å². The number of carbonyl (C=O) groups is 2. The second kappa shape index (κ2) is 15.1. The number of rotatable bonds is 12. The Bertz CT molecular complexity index is 1400. The van der Waals surface area contributed by atoms with Gasteiger partial charge in [-0.15, -0.1) is 0 Å². The number of anilines is 2. The molecule has 44 heavy (non-hydrogen) atoms. The topological polar surface area (TPSA) is 163 Å². The van der Waals surface area contributed by atoms with Crippen molar-refractivity contribution >= 4 is 34.7 Å². The number of esters is 2. The van der Waals surface area contributed by atoms with Crippen LogP contribution < -0.4 is 32.7 Å². The normalized spacial score (nSPS) is 13.6. The molecule has 0 aromatic heterocycles. The molecule has 0 bridgehead atoms. The predicted octanol–water partition coefficient (Wildman–Crippen LogP) is 3.68. The molecule has 2 atom stereocenters. The summed E-state index contributed by atoms with van der Waals surface area (Å²) in [5, 5.41) is 0. The quantitative estimate of drug-likeness (QED) is 0.178. The van der Waals surface area contributed by atoms with Crippen LogP contribution in [0.25, 0.3) is 11.4 Å². The summed E-state index contributed by atoms with van der Waals surface area (Å²) in [6.07, 6.45) is 0. The van der Waals surface area contributed by atoms with Gasteiger partial charge >= 0.3 is 11.9 Å². The van der Waals surface area contributed by atoms with E-state index in [1.165, 1.54) is 0 Å². The Morgan fingerprint density at radius 1 is 0.636 bits per heavy atom. The maximum atomic E-state index is 13.2. The molecule has 3 aromatic carbocycles. The summed E-state index contributed by atoms with van der Waals surface area (Å²) < 4.78 is 10.7. The molecule has 0 heterocycles. The standard InChI is InChI=1S/C34H44N6O4/c1-7-43-33(41)27(29(35)21-12-16-25(17-13-21)39(3)4)31(37)23-10-9-11-24(20-23)32(38)28(34(42)44-8-2)30(36)22-14-18-26(19-15-22)40(5)6/h9-20,29-30H,7-8,35-38H2,1-6H3/b31-27+,32-28+. The molecular weight excluding hydrogens is 556 g/mol. The van der Waals surface area contributed by atoms with Crippen LogP contribution in [0, 0.1) is 0 Å². The van der Waals surface area contributed by atoms with E-state index < -0.39 is 24.0 Å². The zero-order valence-corrected chi connectivity index (χ0v) is 26.3. The Morgan fingerprint density at radius 2 is 0.977 bits per heavy atom. The van der Waals surface area contributed by atoms with Crippen LogP contribution in [0.2, 0.25) is 0 Å². The van der Waals surface area contributed by atoms with Gasteiger partial charge in [-0.1, -0.05) is 42.5 Å². The van der Waals surface area contributed by atoms with Crippen molar-refractivity contribution < 1.29 is 19.1 Å². The lowest BCUT2D eigenvalue weighted by molar-refractivity contribution is -0.139. The fourth-order valence-electron chi connectivity index (χ4n) is 4.68. The molecule has 0 aliphatic heterocycles. The number of ether oxygens (including phenoxy) is 2. The average Bonchev–Trinajstić information content (AvgIpc) is 3.01. The van der Waals surface area contributed by atoms with Gasteiger partial charge in [0.25, 0.3) is 0 Å². The first-order valence-electron chi connectivity index (χ1n) is 14.4. The molecule has 0 aliphatic carbocycles. The van der Waals surface area contributed by atoms with Gasteiger partial charge in [0.05, 0.1) is 47.8 Å². The van der Waals surface area contributed by atoms with Gasteiger partial charge in [0.2, 0.25) is 0 Å². The van der Waals surface area contributed by atoms with Crippen molar-refractivity contribution in [2.75, 3.05) is 51.2 Å². The zero-order valence-electron chi connectivity index (χ0n) is 26.3. The number of hydrogen-bond acceptors (Lipinski definition) is 10. The lowest BCUT2D eigenvalue weighted by atomic mass is 9.92. The molecule has 10 nitrogen and oxygen atoms in total. The third-order valence-electron chi connectivity index (χ3n) is 7.21. The van der Waals surface area contributed by atoms with Crippen LogP contribution in [0.3, 0.4) is 0 Å². The van der Waals surface area contributed by atoms with E-state index in [9.17, 15) is 9.59 Å².